The van der Waals surface area contributed by atoms with Crippen molar-refractivity contribution >= 4 is 29.3 Å². The number of pyridine rings is 1. The van der Waals surface area contributed by atoms with Gasteiger partial charge in [0.1, 0.15) is 11.0 Å². The Bertz CT molecular complexity index is 417. The molecule has 0 bridgehead atoms. The number of halogens is 1. The van der Waals surface area contributed by atoms with Crippen LogP contribution in [0.2, 0.25) is 5.15 Å². The van der Waals surface area contributed by atoms with Crippen LogP contribution in [-0.2, 0) is 9.53 Å². The van der Waals surface area contributed by atoms with E-state index in [2.05, 4.69) is 15.0 Å². The van der Waals surface area contributed by atoms with Gasteiger partial charge in [0, 0.05) is 12.1 Å². The first kappa shape index (κ1) is 13.2. The van der Waals surface area contributed by atoms with Crippen molar-refractivity contribution in [3.05, 3.63) is 22.8 Å². The van der Waals surface area contributed by atoms with Crippen LogP contribution >= 0.6 is 11.6 Å². The van der Waals surface area contributed by atoms with Crippen LogP contribution in [0.4, 0.5) is 5.82 Å². The van der Waals surface area contributed by atoms with E-state index in [0.717, 1.165) is 0 Å². The summed E-state index contributed by atoms with van der Waals surface area (Å²) in [5, 5.41) is 2.68. The number of nitrogens with one attached hydrogen (secondary N) is 1. The summed E-state index contributed by atoms with van der Waals surface area (Å²) >= 11 is 5.66. The zero-order valence-corrected chi connectivity index (χ0v) is 9.95. The lowest BCUT2D eigenvalue weighted by Gasteiger charge is -2.05. The lowest BCUT2D eigenvalue weighted by Crippen LogP contribution is -2.26. The first-order chi connectivity index (χ1) is 8.02. The highest BCUT2D eigenvalue weighted by Crippen LogP contribution is 2.11. The highest BCUT2D eigenvalue weighted by Gasteiger charge is 2.08. The molecule has 0 aliphatic heterocycles. The Kier molecular flexibility index (Phi) is 4.71. The van der Waals surface area contributed by atoms with Gasteiger partial charge in [0.25, 0.3) is 5.91 Å². The molecule has 0 unspecified atom stereocenters. The average molecular weight is 258 g/mol. The van der Waals surface area contributed by atoms with E-state index in [4.69, 9.17) is 17.3 Å². The van der Waals surface area contributed by atoms with Crippen LogP contribution in [0.1, 0.15) is 16.8 Å². The van der Waals surface area contributed by atoms with Gasteiger partial charge in [0.15, 0.2) is 0 Å². The van der Waals surface area contributed by atoms with Crippen LogP contribution in [0.5, 0.6) is 0 Å². The van der Waals surface area contributed by atoms with Crippen LogP contribution in [0.15, 0.2) is 12.1 Å². The molecule has 6 nitrogen and oxygen atoms in total. The predicted molar refractivity (Wildman–Crippen MR) is 62.6 cm³/mol. The average Bonchev–Trinajstić information content (AvgIpc) is 2.27. The lowest BCUT2D eigenvalue weighted by molar-refractivity contribution is -0.140. The first-order valence-corrected chi connectivity index (χ1v) is 5.19. The summed E-state index contributed by atoms with van der Waals surface area (Å²) in [4.78, 5) is 26.2. The van der Waals surface area contributed by atoms with E-state index in [0.29, 0.717) is 5.56 Å². The molecule has 0 atom stereocenters. The number of nitrogens with zero attached hydrogens (tertiary/aromatic N) is 1. The van der Waals surface area contributed by atoms with Gasteiger partial charge in [-0.25, -0.2) is 4.98 Å². The molecule has 0 aliphatic carbocycles. The van der Waals surface area contributed by atoms with Crippen molar-refractivity contribution in [2.45, 2.75) is 6.42 Å². The Morgan fingerprint density at radius 2 is 2.24 bits per heavy atom. The molecule has 1 amide bonds. The number of hydrogen-bond acceptors (Lipinski definition) is 5. The maximum atomic E-state index is 11.6. The molecule has 3 N–H and O–H groups in total. The summed E-state index contributed by atoms with van der Waals surface area (Å²) in [6.45, 7) is 0.186. The van der Waals surface area contributed by atoms with Gasteiger partial charge in [-0.05, 0) is 12.1 Å². The van der Waals surface area contributed by atoms with Gasteiger partial charge in [-0.3, -0.25) is 9.59 Å². The molecule has 92 valence electrons. The fourth-order valence-electron chi connectivity index (χ4n) is 1.13. The zero-order chi connectivity index (χ0) is 12.8. The van der Waals surface area contributed by atoms with Gasteiger partial charge in [-0.15, -0.1) is 0 Å². The Labute approximate surface area is 103 Å². The maximum absolute atomic E-state index is 11.6. The van der Waals surface area contributed by atoms with E-state index in [9.17, 15) is 9.59 Å². The summed E-state index contributed by atoms with van der Waals surface area (Å²) in [5.41, 5.74) is 5.74. The van der Waals surface area contributed by atoms with E-state index >= 15 is 0 Å². The van der Waals surface area contributed by atoms with Gasteiger partial charge in [0.05, 0.1) is 13.5 Å². The SMILES string of the molecule is COC(=O)CCNC(=O)c1cc(N)nc(Cl)c1. The minimum absolute atomic E-state index is 0.108. The first-order valence-electron chi connectivity index (χ1n) is 4.81. The van der Waals surface area contributed by atoms with Crippen molar-refractivity contribution < 1.29 is 14.3 Å². The molecular formula is C10H12ClN3O3. The third kappa shape index (κ3) is 4.28. The van der Waals surface area contributed by atoms with Crippen molar-refractivity contribution in [1.82, 2.24) is 10.3 Å². The number of nitrogens with two attached hydrogens (primary N) is 1. The standard InChI is InChI=1S/C10H12ClN3O3/c1-17-9(15)2-3-13-10(16)6-4-7(11)14-8(12)5-6/h4-5H,2-3H2,1H3,(H2,12,14)(H,13,16). The number of carbonyl (C=O) groups is 2. The van der Waals surface area contributed by atoms with Crippen molar-refractivity contribution in [1.29, 1.82) is 0 Å². The number of anilines is 1. The fourth-order valence-corrected chi connectivity index (χ4v) is 1.35. The largest absolute Gasteiger partial charge is 0.469 e. The number of rotatable bonds is 4. The minimum Gasteiger partial charge on any atom is -0.469 e. The zero-order valence-electron chi connectivity index (χ0n) is 9.20. The number of methoxy groups -OCH3 is 1. The van der Waals surface area contributed by atoms with Crippen molar-refractivity contribution in [3.63, 3.8) is 0 Å². The molecule has 1 aromatic heterocycles. The predicted octanol–water partition coefficient (Wildman–Crippen LogP) is 0.610. The number of carbonyl (C=O) groups excluding carboxylic acids is 2. The van der Waals surface area contributed by atoms with E-state index in [1.54, 1.807) is 0 Å². The van der Waals surface area contributed by atoms with E-state index < -0.39 is 5.97 Å². The molecule has 0 aromatic carbocycles. The van der Waals surface area contributed by atoms with E-state index in [1.165, 1.54) is 19.2 Å². The second-order valence-electron chi connectivity index (χ2n) is 3.19. The lowest BCUT2D eigenvalue weighted by atomic mass is 10.2. The topological polar surface area (TPSA) is 94.3 Å². The highest BCUT2D eigenvalue weighted by atomic mass is 35.5. The van der Waals surface area contributed by atoms with E-state index in [-0.39, 0.29) is 29.8 Å². The quantitative estimate of drug-likeness (QED) is 0.609. The van der Waals surface area contributed by atoms with E-state index in [1.807, 2.05) is 0 Å². The number of amides is 1. The van der Waals surface area contributed by atoms with Crippen LogP contribution in [0, 0.1) is 0 Å². The second kappa shape index (κ2) is 6.05. The molecule has 0 radical (unpaired) electrons. The third-order valence-corrected chi connectivity index (χ3v) is 2.11. The Morgan fingerprint density at radius 1 is 1.53 bits per heavy atom. The van der Waals surface area contributed by atoms with Crippen LogP contribution < -0.4 is 11.1 Å². The molecule has 7 heteroatoms. The van der Waals surface area contributed by atoms with Gasteiger partial charge >= 0.3 is 5.97 Å². The minimum atomic E-state index is -0.391. The monoisotopic (exact) mass is 257 g/mol. The summed E-state index contributed by atoms with van der Waals surface area (Å²) in [7, 11) is 1.29. The van der Waals surface area contributed by atoms with Crippen LogP contribution in [-0.4, -0.2) is 30.5 Å². The Morgan fingerprint density at radius 3 is 2.82 bits per heavy atom. The third-order valence-electron chi connectivity index (χ3n) is 1.92. The molecule has 1 rings (SSSR count). The van der Waals surface area contributed by atoms with Crippen LogP contribution in [0.25, 0.3) is 0 Å². The molecule has 0 saturated heterocycles. The normalized spacial score (nSPS) is 9.76. The smallest absolute Gasteiger partial charge is 0.307 e. The Balaban J connectivity index is 2.55. The summed E-state index contributed by atoms with van der Waals surface area (Å²) < 4.78 is 4.43. The van der Waals surface area contributed by atoms with Crippen molar-refractivity contribution in [3.8, 4) is 0 Å². The van der Waals surface area contributed by atoms with Gasteiger partial charge < -0.3 is 15.8 Å². The number of nitrogen functional groups attached to an aromatic ring is 1. The van der Waals surface area contributed by atoms with Gasteiger partial charge in [-0.2, -0.15) is 0 Å². The number of hydrogen-bond donors (Lipinski definition) is 2. The molecule has 0 saturated carbocycles. The molecule has 17 heavy (non-hydrogen) atoms. The molecule has 0 aliphatic rings. The Hall–Kier alpha value is -1.82. The van der Waals surface area contributed by atoms with Crippen molar-refractivity contribution in [2.75, 3.05) is 19.4 Å². The summed E-state index contributed by atoms with van der Waals surface area (Å²) in [6, 6.07) is 2.80. The summed E-state index contributed by atoms with van der Waals surface area (Å²) in [5.74, 6) is -0.599. The molecule has 1 heterocycles. The number of ether oxygens (including phenoxy) is 1. The maximum Gasteiger partial charge on any atom is 0.307 e. The molecule has 0 spiro atoms. The van der Waals surface area contributed by atoms with Gasteiger partial charge in [0.2, 0.25) is 0 Å². The van der Waals surface area contributed by atoms with Gasteiger partial charge in [-0.1, -0.05) is 11.6 Å². The number of aromatic nitrogens is 1. The molecule has 0 fully saturated rings. The molecule has 1 aromatic rings. The van der Waals surface area contributed by atoms with Crippen molar-refractivity contribution in [2.24, 2.45) is 0 Å². The molecular weight excluding hydrogens is 246 g/mol. The second-order valence-corrected chi connectivity index (χ2v) is 3.57. The highest BCUT2D eigenvalue weighted by molar-refractivity contribution is 6.29. The number of esters is 1. The van der Waals surface area contributed by atoms with Crippen LogP contribution in [0.3, 0.4) is 0 Å². The summed E-state index contributed by atoms with van der Waals surface area (Å²) in [6.07, 6.45) is 0.108. The fraction of sp³-hybridized carbons (Fsp3) is 0.300.